The molecule has 1 aliphatic heterocycles. The Labute approximate surface area is 164 Å². The average molecular weight is 395 g/mol. The highest BCUT2D eigenvalue weighted by Gasteiger charge is 2.22. The van der Waals surface area contributed by atoms with Gasteiger partial charge in [-0.15, -0.1) is 0 Å². The molecule has 0 spiro atoms. The van der Waals surface area contributed by atoms with Gasteiger partial charge in [0.25, 0.3) is 11.6 Å². The van der Waals surface area contributed by atoms with Gasteiger partial charge in [0.05, 0.1) is 33.8 Å². The number of benzene rings is 2. The van der Waals surface area contributed by atoms with Crippen molar-refractivity contribution in [3.8, 4) is 11.5 Å². The second kappa shape index (κ2) is 7.23. The standard InChI is InChI=1S/C19H17N5O5/c1-3-23-11(2)21-14-6-12(4-5-15(14)23)19(25)22-20-9-13-7-17-18(29-10-28-17)8-16(13)24(26)27/h4-9H,3,10H2,1-2H3,(H,22,25)/b20-9+. The van der Waals surface area contributed by atoms with E-state index >= 15 is 0 Å². The first-order valence-electron chi connectivity index (χ1n) is 8.86. The summed E-state index contributed by atoms with van der Waals surface area (Å²) in [6.07, 6.45) is 1.20. The van der Waals surface area contributed by atoms with Crippen LogP contribution < -0.4 is 14.9 Å². The summed E-state index contributed by atoms with van der Waals surface area (Å²) >= 11 is 0. The van der Waals surface area contributed by atoms with Gasteiger partial charge in [-0.1, -0.05) is 0 Å². The number of aryl methyl sites for hydroxylation is 2. The van der Waals surface area contributed by atoms with Crippen LogP contribution in [0.4, 0.5) is 5.69 Å². The van der Waals surface area contributed by atoms with Gasteiger partial charge < -0.3 is 14.0 Å². The van der Waals surface area contributed by atoms with Crippen molar-refractivity contribution in [2.45, 2.75) is 20.4 Å². The molecule has 4 rings (SSSR count). The Bertz CT molecular complexity index is 1170. The zero-order chi connectivity index (χ0) is 20.5. The second-order valence-electron chi connectivity index (χ2n) is 6.33. The molecule has 1 N–H and O–H groups in total. The number of fused-ring (bicyclic) bond motifs is 2. The van der Waals surface area contributed by atoms with Crippen molar-refractivity contribution in [1.82, 2.24) is 15.0 Å². The largest absolute Gasteiger partial charge is 0.454 e. The maximum absolute atomic E-state index is 12.4. The van der Waals surface area contributed by atoms with E-state index in [1.165, 1.54) is 18.3 Å². The molecule has 0 saturated carbocycles. The number of nitrogens with zero attached hydrogens (tertiary/aromatic N) is 4. The number of rotatable bonds is 5. The number of aromatic nitrogens is 2. The van der Waals surface area contributed by atoms with Crippen LogP contribution in [0.25, 0.3) is 11.0 Å². The molecule has 0 saturated heterocycles. The highest BCUT2D eigenvalue weighted by atomic mass is 16.7. The monoisotopic (exact) mass is 395 g/mol. The summed E-state index contributed by atoms with van der Waals surface area (Å²) in [5.41, 5.74) is 4.42. The minimum absolute atomic E-state index is 0.000432. The predicted octanol–water partition coefficient (Wildman–Crippen LogP) is 2.77. The summed E-state index contributed by atoms with van der Waals surface area (Å²) in [6.45, 7) is 4.72. The molecule has 0 unspecified atom stereocenters. The molecule has 0 atom stereocenters. The van der Waals surface area contributed by atoms with E-state index in [9.17, 15) is 14.9 Å². The Morgan fingerprint density at radius 3 is 2.83 bits per heavy atom. The van der Waals surface area contributed by atoms with Crippen LogP contribution in [0, 0.1) is 17.0 Å². The summed E-state index contributed by atoms with van der Waals surface area (Å²) in [4.78, 5) is 27.6. The predicted molar refractivity (Wildman–Crippen MR) is 104 cm³/mol. The fourth-order valence-electron chi connectivity index (χ4n) is 3.22. The van der Waals surface area contributed by atoms with Gasteiger partial charge in [0, 0.05) is 12.1 Å². The van der Waals surface area contributed by atoms with E-state index in [2.05, 4.69) is 15.5 Å². The third-order valence-corrected chi connectivity index (χ3v) is 4.61. The van der Waals surface area contributed by atoms with Crippen molar-refractivity contribution in [2.24, 2.45) is 5.10 Å². The number of hydrogen-bond acceptors (Lipinski definition) is 7. The van der Waals surface area contributed by atoms with E-state index in [1.807, 2.05) is 24.5 Å². The van der Waals surface area contributed by atoms with Gasteiger partial charge in [-0.3, -0.25) is 14.9 Å². The fraction of sp³-hybridized carbons (Fsp3) is 0.211. The molecular weight excluding hydrogens is 378 g/mol. The minimum atomic E-state index is -0.550. The van der Waals surface area contributed by atoms with Crippen LogP contribution in [0.5, 0.6) is 11.5 Å². The number of imidazole rings is 1. The number of nitro groups is 1. The summed E-state index contributed by atoms with van der Waals surface area (Å²) in [5.74, 6) is 1.10. The number of nitro benzene ring substituents is 1. The topological polar surface area (TPSA) is 121 Å². The maximum atomic E-state index is 12.4. The highest BCUT2D eigenvalue weighted by Crippen LogP contribution is 2.37. The molecular formula is C19H17N5O5. The van der Waals surface area contributed by atoms with Crippen LogP contribution in [0.1, 0.15) is 28.7 Å². The maximum Gasteiger partial charge on any atom is 0.282 e. The molecule has 3 aromatic rings. The van der Waals surface area contributed by atoms with Gasteiger partial charge >= 0.3 is 0 Å². The van der Waals surface area contributed by atoms with Gasteiger partial charge in [-0.05, 0) is 38.1 Å². The number of carbonyl (C=O) groups is 1. The van der Waals surface area contributed by atoms with Gasteiger partial charge in [-0.25, -0.2) is 10.4 Å². The lowest BCUT2D eigenvalue weighted by Crippen LogP contribution is -2.17. The molecule has 0 aliphatic carbocycles. The SMILES string of the molecule is CCn1c(C)nc2cc(C(=O)N/N=C/c3cc4c(cc3[N+](=O)[O-])OCO4)ccc21. The summed E-state index contributed by atoms with van der Waals surface area (Å²) in [7, 11) is 0. The quantitative estimate of drug-likeness (QED) is 0.403. The van der Waals surface area contributed by atoms with Crippen molar-refractivity contribution in [1.29, 1.82) is 0 Å². The van der Waals surface area contributed by atoms with Gasteiger partial charge in [0.15, 0.2) is 11.5 Å². The lowest BCUT2D eigenvalue weighted by Gasteiger charge is -2.03. The third-order valence-electron chi connectivity index (χ3n) is 4.61. The molecule has 1 aliphatic rings. The third kappa shape index (κ3) is 3.35. The van der Waals surface area contributed by atoms with Gasteiger partial charge in [-0.2, -0.15) is 5.10 Å². The zero-order valence-corrected chi connectivity index (χ0v) is 15.7. The van der Waals surface area contributed by atoms with E-state index < -0.39 is 10.8 Å². The number of ether oxygens (including phenoxy) is 2. The molecule has 1 aromatic heterocycles. The first-order valence-corrected chi connectivity index (χ1v) is 8.86. The van der Waals surface area contributed by atoms with Crippen LogP contribution in [0.15, 0.2) is 35.4 Å². The Morgan fingerprint density at radius 2 is 2.10 bits per heavy atom. The summed E-state index contributed by atoms with van der Waals surface area (Å²) in [5, 5.41) is 15.1. The lowest BCUT2D eigenvalue weighted by atomic mass is 10.1. The Kier molecular flexibility index (Phi) is 4.59. The van der Waals surface area contributed by atoms with E-state index in [0.717, 1.165) is 17.9 Å². The van der Waals surface area contributed by atoms with Crippen LogP contribution in [-0.4, -0.2) is 33.4 Å². The van der Waals surface area contributed by atoms with Crippen LogP contribution in [-0.2, 0) is 6.54 Å². The molecule has 2 aromatic carbocycles. The molecule has 0 fully saturated rings. The van der Waals surface area contributed by atoms with Crippen molar-refractivity contribution < 1.29 is 19.2 Å². The minimum Gasteiger partial charge on any atom is -0.454 e. The number of amides is 1. The lowest BCUT2D eigenvalue weighted by molar-refractivity contribution is -0.385. The fourth-order valence-corrected chi connectivity index (χ4v) is 3.22. The number of hydrazone groups is 1. The Hall–Kier alpha value is -3.95. The molecule has 148 valence electrons. The molecule has 2 heterocycles. The zero-order valence-electron chi connectivity index (χ0n) is 15.7. The van der Waals surface area contributed by atoms with E-state index in [4.69, 9.17) is 9.47 Å². The van der Waals surface area contributed by atoms with Gasteiger partial charge in [0.1, 0.15) is 5.82 Å². The van der Waals surface area contributed by atoms with Crippen molar-refractivity contribution in [3.05, 3.63) is 57.4 Å². The molecule has 29 heavy (non-hydrogen) atoms. The number of nitrogens with one attached hydrogen (secondary N) is 1. The van der Waals surface area contributed by atoms with E-state index in [1.54, 1.807) is 12.1 Å². The highest BCUT2D eigenvalue weighted by molar-refractivity contribution is 5.98. The molecule has 0 bridgehead atoms. The smallest absolute Gasteiger partial charge is 0.282 e. The number of hydrogen-bond donors (Lipinski definition) is 1. The van der Waals surface area contributed by atoms with Crippen molar-refractivity contribution in [3.63, 3.8) is 0 Å². The average Bonchev–Trinajstić information content (AvgIpc) is 3.28. The molecule has 0 radical (unpaired) electrons. The first-order chi connectivity index (χ1) is 14.0. The molecule has 10 heteroatoms. The molecule has 1 amide bonds. The van der Waals surface area contributed by atoms with Crippen LogP contribution in [0.3, 0.4) is 0 Å². The Balaban J connectivity index is 1.55. The number of carbonyl (C=O) groups excluding carboxylic acids is 1. The van der Waals surface area contributed by atoms with E-state index in [-0.39, 0.29) is 18.0 Å². The summed E-state index contributed by atoms with van der Waals surface area (Å²) < 4.78 is 12.4. The second-order valence-corrected chi connectivity index (χ2v) is 6.33. The van der Waals surface area contributed by atoms with Gasteiger partial charge in [0.2, 0.25) is 6.79 Å². The van der Waals surface area contributed by atoms with E-state index in [0.29, 0.717) is 22.6 Å². The summed E-state index contributed by atoms with van der Waals surface area (Å²) in [6, 6.07) is 7.92. The van der Waals surface area contributed by atoms with Crippen molar-refractivity contribution >= 4 is 28.8 Å². The first kappa shape index (κ1) is 18.4. The Morgan fingerprint density at radius 1 is 1.34 bits per heavy atom. The van der Waals surface area contributed by atoms with Crippen LogP contribution in [0.2, 0.25) is 0 Å². The molecule has 10 nitrogen and oxygen atoms in total. The van der Waals surface area contributed by atoms with Crippen LogP contribution >= 0.6 is 0 Å². The normalized spacial score (nSPS) is 12.6. The van der Waals surface area contributed by atoms with Crippen molar-refractivity contribution in [2.75, 3.05) is 6.79 Å².